The van der Waals surface area contributed by atoms with Gasteiger partial charge in [-0.25, -0.2) is 4.79 Å². The number of hydrogen-bond donors (Lipinski definition) is 2. The zero-order valence-corrected chi connectivity index (χ0v) is 14.9. The molecule has 0 heterocycles. The normalized spacial score (nSPS) is 11.6. The molecule has 7 heteroatoms. The molecule has 0 fully saturated rings. The number of aliphatic carboxylic acids is 1. The smallest absolute Gasteiger partial charge is 0.407 e. The maximum atomic E-state index is 12.0. The first-order chi connectivity index (χ1) is 11.5. The molecular weight excluding hydrogens is 398 g/mol. The van der Waals surface area contributed by atoms with Crippen LogP contribution in [0.1, 0.15) is 23.6 Å². The first kappa shape index (κ1) is 18.3. The van der Waals surface area contributed by atoms with Crippen LogP contribution in [0.4, 0.5) is 4.79 Å². The van der Waals surface area contributed by atoms with Crippen LogP contribution in [-0.2, 0) is 16.1 Å². The summed E-state index contributed by atoms with van der Waals surface area (Å²) >= 11 is 9.43. The molecule has 0 aliphatic heterocycles. The third-order valence-electron chi connectivity index (χ3n) is 3.22. The summed E-state index contributed by atoms with van der Waals surface area (Å²) in [6.45, 7) is 0.0959. The van der Waals surface area contributed by atoms with E-state index in [2.05, 4.69) is 21.2 Å². The molecule has 0 spiro atoms. The van der Waals surface area contributed by atoms with Crippen molar-refractivity contribution in [3.63, 3.8) is 0 Å². The largest absolute Gasteiger partial charge is 0.481 e. The van der Waals surface area contributed by atoms with Gasteiger partial charge in [-0.15, -0.1) is 0 Å². The lowest BCUT2D eigenvalue weighted by Crippen LogP contribution is -2.30. The molecule has 0 bridgehead atoms. The molecule has 1 unspecified atom stereocenters. The Morgan fingerprint density at radius 2 is 1.92 bits per heavy atom. The van der Waals surface area contributed by atoms with Crippen molar-refractivity contribution in [1.82, 2.24) is 5.32 Å². The van der Waals surface area contributed by atoms with Crippen LogP contribution in [0.15, 0.2) is 53.0 Å². The second kappa shape index (κ2) is 8.70. The Morgan fingerprint density at radius 3 is 2.58 bits per heavy atom. The molecule has 0 aliphatic carbocycles. The number of benzene rings is 2. The van der Waals surface area contributed by atoms with Crippen molar-refractivity contribution in [2.75, 3.05) is 0 Å². The van der Waals surface area contributed by atoms with Crippen LogP contribution in [0.3, 0.4) is 0 Å². The Balaban J connectivity index is 2.06. The highest BCUT2D eigenvalue weighted by atomic mass is 79.9. The Bertz CT molecular complexity index is 724. The highest BCUT2D eigenvalue weighted by Crippen LogP contribution is 2.28. The summed E-state index contributed by atoms with van der Waals surface area (Å²) in [5.74, 6) is -1.06. The molecule has 2 N–H and O–H groups in total. The van der Waals surface area contributed by atoms with Gasteiger partial charge < -0.3 is 15.2 Å². The molecule has 0 radical (unpaired) electrons. The highest BCUT2D eigenvalue weighted by molar-refractivity contribution is 9.10. The Kier molecular flexibility index (Phi) is 6.63. The van der Waals surface area contributed by atoms with Crippen molar-refractivity contribution >= 4 is 39.6 Å². The molecule has 5 nitrogen and oxygen atoms in total. The van der Waals surface area contributed by atoms with Crippen LogP contribution in [-0.4, -0.2) is 17.2 Å². The van der Waals surface area contributed by atoms with Gasteiger partial charge in [-0.05, 0) is 29.3 Å². The number of rotatable bonds is 6. The lowest BCUT2D eigenvalue weighted by Gasteiger charge is -2.19. The molecule has 0 aromatic heterocycles. The van der Waals surface area contributed by atoms with Crippen molar-refractivity contribution in [2.24, 2.45) is 0 Å². The molecular formula is C17H15BrClNO4. The fourth-order valence-electron chi connectivity index (χ4n) is 2.10. The summed E-state index contributed by atoms with van der Waals surface area (Å²) in [5, 5.41) is 12.0. The van der Waals surface area contributed by atoms with Crippen LogP contribution in [0.5, 0.6) is 0 Å². The van der Waals surface area contributed by atoms with E-state index in [4.69, 9.17) is 21.4 Å². The number of ether oxygens (including phenoxy) is 1. The summed E-state index contributed by atoms with van der Waals surface area (Å²) in [7, 11) is 0. The van der Waals surface area contributed by atoms with Crippen molar-refractivity contribution in [2.45, 2.75) is 19.1 Å². The minimum atomic E-state index is -1.06. The number of carbonyl (C=O) groups excluding carboxylic acids is 1. The summed E-state index contributed by atoms with van der Waals surface area (Å²) in [5.41, 5.74) is 1.34. The number of hydrogen-bond acceptors (Lipinski definition) is 3. The van der Waals surface area contributed by atoms with Gasteiger partial charge in [0.15, 0.2) is 0 Å². The first-order valence-corrected chi connectivity index (χ1v) is 8.27. The predicted molar refractivity (Wildman–Crippen MR) is 93.9 cm³/mol. The second-order valence-corrected chi connectivity index (χ2v) is 6.35. The Labute approximate surface area is 152 Å². The minimum Gasteiger partial charge on any atom is -0.481 e. The quantitative estimate of drug-likeness (QED) is 0.730. The van der Waals surface area contributed by atoms with Gasteiger partial charge in [-0.2, -0.15) is 0 Å². The van der Waals surface area contributed by atoms with Crippen LogP contribution >= 0.6 is 27.5 Å². The lowest BCUT2D eigenvalue weighted by molar-refractivity contribution is -0.137. The van der Waals surface area contributed by atoms with E-state index in [0.717, 1.165) is 10.0 Å². The third kappa shape index (κ3) is 5.54. The monoisotopic (exact) mass is 411 g/mol. The molecule has 1 amide bonds. The van der Waals surface area contributed by atoms with Crippen LogP contribution in [0.2, 0.25) is 5.02 Å². The molecule has 24 heavy (non-hydrogen) atoms. The van der Waals surface area contributed by atoms with Crippen molar-refractivity contribution in [3.8, 4) is 0 Å². The predicted octanol–water partition coefficient (Wildman–Crippen LogP) is 4.54. The van der Waals surface area contributed by atoms with E-state index in [0.29, 0.717) is 10.6 Å². The fourth-order valence-corrected chi connectivity index (χ4v) is 2.73. The summed E-state index contributed by atoms with van der Waals surface area (Å²) in [6, 6.07) is 13.4. The molecule has 0 saturated carbocycles. The first-order valence-electron chi connectivity index (χ1n) is 7.09. The van der Waals surface area contributed by atoms with Crippen LogP contribution in [0, 0.1) is 0 Å². The number of halogens is 2. The van der Waals surface area contributed by atoms with Gasteiger partial charge in [-0.3, -0.25) is 4.79 Å². The topological polar surface area (TPSA) is 75.6 Å². The molecule has 2 rings (SSSR count). The molecule has 0 saturated heterocycles. The number of carbonyl (C=O) groups is 2. The standard InChI is InChI=1S/C17H15BrClNO4/c18-12-6-7-14(19)13(8-12)15(9-16(21)22)20-17(23)24-10-11-4-2-1-3-5-11/h1-8,15H,9-10H2,(H,20,23)(H,21,22). The van der Waals surface area contributed by atoms with Gasteiger partial charge in [0.2, 0.25) is 0 Å². The van der Waals surface area contributed by atoms with E-state index in [-0.39, 0.29) is 13.0 Å². The highest BCUT2D eigenvalue weighted by Gasteiger charge is 2.21. The summed E-state index contributed by atoms with van der Waals surface area (Å²) in [6.07, 6.45) is -1.02. The van der Waals surface area contributed by atoms with Gasteiger partial charge in [0.1, 0.15) is 6.61 Å². The fraction of sp³-hybridized carbons (Fsp3) is 0.176. The maximum absolute atomic E-state index is 12.0. The SMILES string of the molecule is O=C(O)CC(NC(=O)OCc1ccccc1)c1cc(Br)ccc1Cl. The van der Waals surface area contributed by atoms with Crippen molar-refractivity contribution in [3.05, 3.63) is 69.2 Å². The maximum Gasteiger partial charge on any atom is 0.407 e. The number of alkyl carbamates (subject to hydrolysis) is 1. The van der Waals surface area contributed by atoms with Crippen LogP contribution < -0.4 is 5.32 Å². The van der Waals surface area contributed by atoms with Crippen molar-refractivity contribution < 1.29 is 19.4 Å². The van der Waals surface area contributed by atoms with E-state index < -0.39 is 18.1 Å². The Morgan fingerprint density at radius 1 is 1.21 bits per heavy atom. The second-order valence-electron chi connectivity index (χ2n) is 5.02. The third-order valence-corrected chi connectivity index (χ3v) is 4.05. The number of nitrogens with one attached hydrogen (secondary N) is 1. The van der Waals surface area contributed by atoms with Gasteiger partial charge >= 0.3 is 12.1 Å². The lowest BCUT2D eigenvalue weighted by atomic mass is 10.0. The van der Waals surface area contributed by atoms with E-state index >= 15 is 0 Å². The zero-order valence-electron chi connectivity index (χ0n) is 12.5. The van der Waals surface area contributed by atoms with Gasteiger partial charge in [0, 0.05) is 9.50 Å². The molecule has 1 atom stereocenters. The van der Waals surface area contributed by atoms with Gasteiger partial charge in [0.05, 0.1) is 12.5 Å². The summed E-state index contributed by atoms with van der Waals surface area (Å²) in [4.78, 5) is 23.1. The summed E-state index contributed by atoms with van der Waals surface area (Å²) < 4.78 is 5.87. The zero-order chi connectivity index (χ0) is 17.5. The molecule has 2 aromatic carbocycles. The van der Waals surface area contributed by atoms with Crippen molar-refractivity contribution in [1.29, 1.82) is 0 Å². The number of amides is 1. The van der Waals surface area contributed by atoms with Gasteiger partial charge in [-0.1, -0.05) is 57.9 Å². The van der Waals surface area contributed by atoms with E-state index in [1.807, 2.05) is 30.3 Å². The molecule has 126 valence electrons. The number of carboxylic acid groups (broad SMARTS) is 1. The van der Waals surface area contributed by atoms with Crippen LogP contribution in [0.25, 0.3) is 0 Å². The van der Waals surface area contributed by atoms with Gasteiger partial charge in [0.25, 0.3) is 0 Å². The molecule has 0 aliphatic rings. The van der Waals surface area contributed by atoms with E-state index in [1.54, 1.807) is 18.2 Å². The number of carboxylic acids is 1. The molecule has 2 aromatic rings. The average molecular weight is 413 g/mol. The minimum absolute atomic E-state index is 0.0959. The Hall–Kier alpha value is -2.05. The van der Waals surface area contributed by atoms with E-state index in [1.165, 1.54) is 0 Å². The average Bonchev–Trinajstić information content (AvgIpc) is 2.55. The van der Waals surface area contributed by atoms with E-state index in [9.17, 15) is 9.59 Å².